The highest BCUT2D eigenvalue weighted by molar-refractivity contribution is 6.36. The van der Waals surface area contributed by atoms with E-state index in [2.05, 4.69) is 5.32 Å². The van der Waals surface area contributed by atoms with Crippen molar-refractivity contribution in [3.05, 3.63) is 101 Å². The van der Waals surface area contributed by atoms with E-state index in [0.29, 0.717) is 34.7 Å². The van der Waals surface area contributed by atoms with Crippen LogP contribution >= 0.6 is 0 Å². The van der Waals surface area contributed by atoms with Crippen molar-refractivity contribution in [2.75, 3.05) is 11.9 Å². The molecule has 162 valence electrons. The highest BCUT2D eigenvalue weighted by atomic mass is 19.1. The number of carbonyl (C=O) groups is 2. The molecule has 3 aromatic rings. The normalized spacial score (nSPS) is 13.7. The van der Waals surface area contributed by atoms with Crippen LogP contribution in [0.1, 0.15) is 23.6 Å². The van der Waals surface area contributed by atoms with Gasteiger partial charge in [-0.05, 0) is 66.9 Å². The molecule has 0 saturated carbocycles. The van der Waals surface area contributed by atoms with E-state index >= 15 is 0 Å². The van der Waals surface area contributed by atoms with Crippen molar-refractivity contribution in [3.8, 4) is 5.75 Å². The number of imide groups is 1. The number of amides is 2. The van der Waals surface area contributed by atoms with Crippen LogP contribution in [0.25, 0.3) is 5.57 Å². The number of halogens is 1. The molecule has 0 radical (unpaired) electrons. The highest BCUT2D eigenvalue weighted by Crippen LogP contribution is 2.32. The number of nitrogens with one attached hydrogen (secondary N) is 1. The van der Waals surface area contributed by atoms with Gasteiger partial charge in [0.15, 0.2) is 0 Å². The van der Waals surface area contributed by atoms with Crippen LogP contribution in [0, 0.1) is 12.7 Å². The molecule has 1 aliphatic heterocycles. The van der Waals surface area contributed by atoms with Crippen molar-refractivity contribution in [1.29, 1.82) is 0 Å². The number of aryl methyl sites for hydroxylation is 1. The summed E-state index contributed by atoms with van der Waals surface area (Å²) in [5.41, 5.74) is 3.53. The summed E-state index contributed by atoms with van der Waals surface area (Å²) >= 11 is 0. The average molecular weight is 430 g/mol. The molecule has 0 fully saturated rings. The zero-order valence-electron chi connectivity index (χ0n) is 17.9. The van der Waals surface area contributed by atoms with Gasteiger partial charge in [0.05, 0.1) is 18.7 Å². The number of nitrogens with zero attached hydrogens (tertiary/aromatic N) is 1. The maximum Gasteiger partial charge on any atom is 0.278 e. The summed E-state index contributed by atoms with van der Waals surface area (Å²) in [7, 11) is 0. The Morgan fingerprint density at radius 3 is 2.31 bits per heavy atom. The first-order valence-corrected chi connectivity index (χ1v) is 10.4. The van der Waals surface area contributed by atoms with Gasteiger partial charge in [0, 0.05) is 5.69 Å². The fourth-order valence-electron chi connectivity index (χ4n) is 3.63. The van der Waals surface area contributed by atoms with Gasteiger partial charge in [0.2, 0.25) is 0 Å². The van der Waals surface area contributed by atoms with Gasteiger partial charge >= 0.3 is 0 Å². The summed E-state index contributed by atoms with van der Waals surface area (Å²) in [4.78, 5) is 27.9. The fourth-order valence-corrected chi connectivity index (χ4v) is 3.63. The maximum absolute atomic E-state index is 13.4. The van der Waals surface area contributed by atoms with Crippen LogP contribution in [0.5, 0.6) is 5.75 Å². The number of rotatable bonds is 7. The number of anilines is 1. The Kier molecular flexibility index (Phi) is 6.03. The molecule has 3 aromatic carbocycles. The Morgan fingerprint density at radius 1 is 0.938 bits per heavy atom. The lowest BCUT2D eigenvalue weighted by molar-refractivity contribution is -0.137. The average Bonchev–Trinajstić information content (AvgIpc) is 3.00. The molecule has 2 amide bonds. The molecule has 32 heavy (non-hydrogen) atoms. The quantitative estimate of drug-likeness (QED) is 0.541. The van der Waals surface area contributed by atoms with Gasteiger partial charge < -0.3 is 10.1 Å². The summed E-state index contributed by atoms with van der Waals surface area (Å²) in [6.45, 7) is 4.44. The third kappa shape index (κ3) is 4.39. The van der Waals surface area contributed by atoms with E-state index in [9.17, 15) is 14.0 Å². The number of carbonyl (C=O) groups excluding carboxylic acids is 2. The number of ether oxygens (including phenoxy) is 1. The van der Waals surface area contributed by atoms with Crippen LogP contribution in [-0.2, 0) is 16.1 Å². The third-order valence-corrected chi connectivity index (χ3v) is 5.16. The molecule has 1 N–H and O–H groups in total. The van der Waals surface area contributed by atoms with E-state index in [4.69, 9.17) is 4.74 Å². The van der Waals surface area contributed by atoms with E-state index in [1.807, 2.05) is 38.1 Å². The van der Waals surface area contributed by atoms with Crippen LogP contribution in [0.4, 0.5) is 10.1 Å². The van der Waals surface area contributed by atoms with Crippen molar-refractivity contribution in [1.82, 2.24) is 4.90 Å². The smallest absolute Gasteiger partial charge is 0.278 e. The third-order valence-electron chi connectivity index (χ3n) is 5.16. The zero-order valence-corrected chi connectivity index (χ0v) is 17.9. The molecule has 0 saturated heterocycles. The molecule has 4 rings (SSSR count). The first-order valence-electron chi connectivity index (χ1n) is 10.4. The minimum absolute atomic E-state index is 0.0530. The van der Waals surface area contributed by atoms with Gasteiger partial charge in [-0.25, -0.2) is 4.39 Å². The van der Waals surface area contributed by atoms with Crippen LogP contribution < -0.4 is 10.1 Å². The van der Waals surface area contributed by atoms with Crippen LogP contribution in [-0.4, -0.2) is 23.3 Å². The number of hydrogen-bond acceptors (Lipinski definition) is 4. The summed E-state index contributed by atoms with van der Waals surface area (Å²) < 4.78 is 18.8. The maximum atomic E-state index is 13.4. The molecule has 1 aliphatic rings. The Labute approximate surface area is 186 Å². The Balaban J connectivity index is 1.72. The van der Waals surface area contributed by atoms with Crippen molar-refractivity contribution in [3.63, 3.8) is 0 Å². The molecule has 1 heterocycles. The SMILES string of the molecule is CCOc1ccc(C2=C(Nc3cccc(C)c3)C(=O)N(Cc3ccc(F)cc3)C2=O)cc1. The van der Waals surface area contributed by atoms with Gasteiger partial charge in [0.1, 0.15) is 17.3 Å². The molecular weight excluding hydrogens is 407 g/mol. The van der Waals surface area contributed by atoms with Crippen LogP contribution in [0.3, 0.4) is 0 Å². The van der Waals surface area contributed by atoms with Gasteiger partial charge in [-0.3, -0.25) is 14.5 Å². The lowest BCUT2D eigenvalue weighted by Crippen LogP contribution is -2.32. The van der Waals surface area contributed by atoms with Crippen molar-refractivity contribution in [2.45, 2.75) is 20.4 Å². The molecule has 0 unspecified atom stereocenters. The zero-order chi connectivity index (χ0) is 22.7. The van der Waals surface area contributed by atoms with Gasteiger partial charge in [-0.15, -0.1) is 0 Å². The minimum Gasteiger partial charge on any atom is -0.494 e. The van der Waals surface area contributed by atoms with E-state index in [-0.39, 0.29) is 18.1 Å². The van der Waals surface area contributed by atoms with Crippen LogP contribution in [0.15, 0.2) is 78.5 Å². The lowest BCUT2D eigenvalue weighted by atomic mass is 10.0. The largest absolute Gasteiger partial charge is 0.494 e. The van der Waals surface area contributed by atoms with Gasteiger partial charge in [-0.2, -0.15) is 0 Å². The second-order valence-electron chi connectivity index (χ2n) is 7.52. The second-order valence-corrected chi connectivity index (χ2v) is 7.52. The first kappa shape index (κ1) is 21.3. The van der Waals surface area contributed by atoms with Gasteiger partial charge in [-0.1, -0.05) is 36.4 Å². The Hall–Kier alpha value is -3.93. The standard InChI is InChI=1S/C26H23FN2O3/c1-3-32-22-13-9-19(10-14-22)23-24(28-21-6-4-5-17(2)15-21)26(31)29(25(23)30)16-18-7-11-20(27)12-8-18/h4-15,28H,3,16H2,1-2H3. The second kappa shape index (κ2) is 9.06. The predicted octanol–water partition coefficient (Wildman–Crippen LogP) is 4.93. The predicted molar refractivity (Wildman–Crippen MR) is 121 cm³/mol. The first-order chi connectivity index (χ1) is 15.5. The molecule has 0 bridgehead atoms. The van der Waals surface area contributed by atoms with E-state index in [1.165, 1.54) is 17.0 Å². The summed E-state index contributed by atoms with van der Waals surface area (Å²) in [5.74, 6) is -0.517. The Bertz CT molecular complexity index is 1180. The molecule has 5 nitrogen and oxygen atoms in total. The molecule has 0 aromatic heterocycles. The Morgan fingerprint density at radius 2 is 1.66 bits per heavy atom. The number of benzene rings is 3. The topological polar surface area (TPSA) is 58.6 Å². The monoisotopic (exact) mass is 430 g/mol. The van der Waals surface area contributed by atoms with Crippen molar-refractivity contribution >= 4 is 23.1 Å². The van der Waals surface area contributed by atoms with Gasteiger partial charge in [0.25, 0.3) is 11.8 Å². The summed E-state index contributed by atoms with van der Waals surface area (Å²) in [6, 6.07) is 20.4. The van der Waals surface area contributed by atoms with Crippen molar-refractivity contribution in [2.24, 2.45) is 0 Å². The van der Waals surface area contributed by atoms with E-state index in [1.54, 1.807) is 36.4 Å². The lowest BCUT2D eigenvalue weighted by Gasteiger charge is -2.15. The summed E-state index contributed by atoms with van der Waals surface area (Å²) in [5, 5.41) is 3.15. The van der Waals surface area contributed by atoms with Crippen molar-refractivity contribution < 1.29 is 18.7 Å². The number of hydrogen-bond donors (Lipinski definition) is 1. The molecule has 0 spiro atoms. The molecule has 0 aliphatic carbocycles. The minimum atomic E-state index is -0.426. The molecule has 6 heteroatoms. The molecule has 0 atom stereocenters. The summed E-state index contributed by atoms with van der Waals surface area (Å²) in [6.07, 6.45) is 0. The molecular formula is C26H23FN2O3. The van der Waals surface area contributed by atoms with E-state index in [0.717, 1.165) is 5.56 Å². The van der Waals surface area contributed by atoms with Crippen LogP contribution in [0.2, 0.25) is 0 Å². The van der Waals surface area contributed by atoms with E-state index < -0.39 is 11.8 Å². The fraction of sp³-hybridized carbons (Fsp3) is 0.154. The highest BCUT2D eigenvalue weighted by Gasteiger charge is 2.39.